The highest BCUT2D eigenvalue weighted by Gasteiger charge is 2.08. The van der Waals surface area contributed by atoms with E-state index in [1.54, 1.807) is 4.90 Å². The molecule has 94 valence electrons. The average molecular weight is 300 g/mol. The van der Waals surface area contributed by atoms with Gasteiger partial charge in [0.15, 0.2) is 0 Å². The Hall–Kier alpha value is -0.870. The Morgan fingerprint density at radius 2 is 2.18 bits per heavy atom. The van der Waals surface area contributed by atoms with Gasteiger partial charge in [-0.15, -0.1) is 0 Å². The maximum atomic E-state index is 11.7. The molecule has 0 radical (unpaired) electrons. The molecular weight excluding hydrogens is 282 g/mol. The third-order valence-corrected chi connectivity index (χ3v) is 3.03. The van der Waals surface area contributed by atoms with E-state index in [0.717, 1.165) is 16.5 Å². The first kappa shape index (κ1) is 14.2. The molecule has 0 fully saturated rings. The number of carbonyl (C=O) groups is 1. The van der Waals surface area contributed by atoms with Crippen LogP contribution in [0.15, 0.2) is 28.7 Å². The standard InChI is InChI=1S/C13H18BrNO2/c1-15(13(17)7-2-3-8-16)10-11-5-4-6-12(14)9-11/h4-6,9,16H,2-3,7-8,10H2,1H3. The number of unbranched alkanes of at least 4 members (excludes halogenated alkanes) is 1. The number of halogens is 1. The van der Waals surface area contributed by atoms with Crippen LogP contribution in [0.5, 0.6) is 0 Å². The number of carbonyl (C=O) groups excluding carboxylic acids is 1. The highest BCUT2D eigenvalue weighted by atomic mass is 79.9. The van der Waals surface area contributed by atoms with Crippen LogP contribution in [-0.2, 0) is 11.3 Å². The minimum atomic E-state index is 0.124. The fourth-order valence-corrected chi connectivity index (χ4v) is 2.02. The molecule has 1 rings (SSSR count). The predicted octanol–water partition coefficient (Wildman–Crippen LogP) is 2.57. The van der Waals surface area contributed by atoms with Crippen molar-refractivity contribution < 1.29 is 9.90 Å². The van der Waals surface area contributed by atoms with Gasteiger partial charge in [0, 0.05) is 31.1 Å². The molecule has 0 aromatic heterocycles. The van der Waals surface area contributed by atoms with E-state index in [9.17, 15) is 4.79 Å². The van der Waals surface area contributed by atoms with Crippen molar-refractivity contribution in [1.82, 2.24) is 4.90 Å². The fraction of sp³-hybridized carbons (Fsp3) is 0.462. The highest BCUT2D eigenvalue weighted by molar-refractivity contribution is 9.10. The molecule has 0 aliphatic rings. The Kier molecular flexibility index (Phi) is 6.22. The van der Waals surface area contributed by atoms with Gasteiger partial charge in [0.05, 0.1) is 0 Å². The number of rotatable bonds is 6. The van der Waals surface area contributed by atoms with Gasteiger partial charge in [0.25, 0.3) is 0 Å². The lowest BCUT2D eigenvalue weighted by Crippen LogP contribution is -2.25. The van der Waals surface area contributed by atoms with Crippen molar-refractivity contribution in [3.8, 4) is 0 Å². The molecule has 0 spiro atoms. The third kappa shape index (κ3) is 5.33. The molecule has 0 aliphatic carbocycles. The first-order chi connectivity index (χ1) is 8.13. The first-order valence-corrected chi connectivity index (χ1v) is 6.52. The van der Waals surface area contributed by atoms with Crippen LogP contribution in [0.4, 0.5) is 0 Å². The van der Waals surface area contributed by atoms with Crippen molar-refractivity contribution >= 4 is 21.8 Å². The minimum absolute atomic E-state index is 0.124. The molecule has 1 aromatic carbocycles. The Morgan fingerprint density at radius 3 is 2.82 bits per heavy atom. The van der Waals surface area contributed by atoms with Crippen molar-refractivity contribution in [3.05, 3.63) is 34.3 Å². The summed E-state index contributed by atoms with van der Waals surface area (Å²) >= 11 is 3.41. The second kappa shape index (κ2) is 7.45. The predicted molar refractivity (Wildman–Crippen MR) is 71.6 cm³/mol. The number of aliphatic hydroxyl groups excluding tert-OH is 1. The van der Waals surface area contributed by atoms with Crippen LogP contribution in [0.2, 0.25) is 0 Å². The smallest absolute Gasteiger partial charge is 0.222 e. The van der Waals surface area contributed by atoms with Gasteiger partial charge in [0.2, 0.25) is 5.91 Å². The summed E-state index contributed by atoms with van der Waals surface area (Å²) in [7, 11) is 1.81. The van der Waals surface area contributed by atoms with Gasteiger partial charge in [-0.1, -0.05) is 28.1 Å². The summed E-state index contributed by atoms with van der Waals surface area (Å²) in [5.74, 6) is 0.124. The van der Waals surface area contributed by atoms with Gasteiger partial charge < -0.3 is 10.0 Å². The molecule has 0 heterocycles. The zero-order valence-electron chi connectivity index (χ0n) is 10.0. The number of nitrogens with zero attached hydrogens (tertiary/aromatic N) is 1. The zero-order chi connectivity index (χ0) is 12.7. The van der Waals surface area contributed by atoms with Gasteiger partial charge in [-0.3, -0.25) is 4.79 Å². The fourth-order valence-electron chi connectivity index (χ4n) is 1.58. The Morgan fingerprint density at radius 1 is 1.41 bits per heavy atom. The normalized spacial score (nSPS) is 10.3. The quantitative estimate of drug-likeness (QED) is 0.820. The monoisotopic (exact) mass is 299 g/mol. The van der Waals surface area contributed by atoms with Crippen LogP contribution < -0.4 is 0 Å². The Bertz CT molecular complexity index is 368. The third-order valence-electron chi connectivity index (χ3n) is 2.53. The van der Waals surface area contributed by atoms with Crippen molar-refractivity contribution in [2.24, 2.45) is 0 Å². The molecule has 1 N–H and O–H groups in total. The maximum Gasteiger partial charge on any atom is 0.222 e. The molecule has 0 aliphatic heterocycles. The summed E-state index contributed by atoms with van der Waals surface area (Å²) in [6, 6.07) is 7.94. The number of amides is 1. The zero-order valence-corrected chi connectivity index (χ0v) is 11.6. The van der Waals surface area contributed by atoms with Crippen LogP contribution in [0, 0.1) is 0 Å². The molecule has 0 bridgehead atoms. The summed E-state index contributed by atoms with van der Waals surface area (Å²) in [6.45, 7) is 0.778. The molecular formula is C13H18BrNO2. The van der Waals surface area contributed by atoms with Crippen LogP contribution in [-0.4, -0.2) is 29.6 Å². The summed E-state index contributed by atoms with van der Waals surface area (Å²) < 4.78 is 1.02. The van der Waals surface area contributed by atoms with E-state index in [0.29, 0.717) is 19.4 Å². The molecule has 0 saturated carbocycles. The topological polar surface area (TPSA) is 40.5 Å². The SMILES string of the molecule is CN(Cc1cccc(Br)c1)C(=O)CCCCO. The Balaban J connectivity index is 2.43. The van der Waals surface area contributed by atoms with Crippen LogP contribution in [0.1, 0.15) is 24.8 Å². The summed E-state index contributed by atoms with van der Waals surface area (Å²) in [5, 5.41) is 8.65. The molecule has 0 saturated heterocycles. The number of aliphatic hydroxyl groups is 1. The van der Waals surface area contributed by atoms with Crippen LogP contribution >= 0.6 is 15.9 Å². The minimum Gasteiger partial charge on any atom is -0.396 e. The van der Waals surface area contributed by atoms with Gasteiger partial charge in [-0.25, -0.2) is 0 Å². The van der Waals surface area contributed by atoms with Crippen molar-refractivity contribution in [1.29, 1.82) is 0 Å². The van der Waals surface area contributed by atoms with Crippen molar-refractivity contribution in [2.75, 3.05) is 13.7 Å². The molecule has 3 nitrogen and oxygen atoms in total. The van der Waals surface area contributed by atoms with E-state index in [1.807, 2.05) is 31.3 Å². The van der Waals surface area contributed by atoms with Crippen LogP contribution in [0.25, 0.3) is 0 Å². The number of hydrogen-bond acceptors (Lipinski definition) is 2. The van der Waals surface area contributed by atoms with E-state index in [-0.39, 0.29) is 12.5 Å². The second-order valence-corrected chi connectivity index (χ2v) is 4.98. The van der Waals surface area contributed by atoms with Crippen molar-refractivity contribution in [2.45, 2.75) is 25.8 Å². The van der Waals surface area contributed by atoms with E-state index >= 15 is 0 Å². The van der Waals surface area contributed by atoms with Crippen LogP contribution in [0.3, 0.4) is 0 Å². The van der Waals surface area contributed by atoms with Gasteiger partial charge in [0.1, 0.15) is 0 Å². The molecule has 1 amide bonds. The Labute approximate surface area is 111 Å². The number of benzene rings is 1. The molecule has 17 heavy (non-hydrogen) atoms. The van der Waals surface area contributed by atoms with E-state index in [2.05, 4.69) is 15.9 Å². The molecule has 4 heteroatoms. The van der Waals surface area contributed by atoms with E-state index in [1.165, 1.54) is 0 Å². The second-order valence-electron chi connectivity index (χ2n) is 4.06. The maximum absolute atomic E-state index is 11.7. The van der Waals surface area contributed by atoms with Crippen molar-refractivity contribution in [3.63, 3.8) is 0 Å². The summed E-state index contributed by atoms with van der Waals surface area (Å²) in [6.07, 6.45) is 1.94. The number of hydrogen-bond donors (Lipinski definition) is 1. The first-order valence-electron chi connectivity index (χ1n) is 5.72. The lowest BCUT2D eigenvalue weighted by Gasteiger charge is -2.17. The largest absolute Gasteiger partial charge is 0.396 e. The lowest BCUT2D eigenvalue weighted by molar-refractivity contribution is -0.130. The highest BCUT2D eigenvalue weighted by Crippen LogP contribution is 2.13. The molecule has 1 aromatic rings. The summed E-state index contributed by atoms with van der Waals surface area (Å²) in [5.41, 5.74) is 1.11. The van der Waals surface area contributed by atoms with E-state index < -0.39 is 0 Å². The lowest BCUT2D eigenvalue weighted by atomic mass is 10.2. The van der Waals surface area contributed by atoms with Gasteiger partial charge >= 0.3 is 0 Å². The molecule has 0 unspecified atom stereocenters. The molecule has 0 atom stereocenters. The van der Waals surface area contributed by atoms with Gasteiger partial charge in [-0.05, 0) is 30.5 Å². The van der Waals surface area contributed by atoms with E-state index in [4.69, 9.17) is 5.11 Å². The average Bonchev–Trinajstić information content (AvgIpc) is 2.29. The van der Waals surface area contributed by atoms with Gasteiger partial charge in [-0.2, -0.15) is 0 Å². The summed E-state index contributed by atoms with van der Waals surface area (Å²) in [4.78, 5) is 13.5.